The molecule has 1 fully saturated rings. The molecule has 21 heavy (non-hydrogen) atoms. The number of amides is 1. The molecule has 0 aliphatic carbocycles. The number of rotatable bonds is 5. The van der Waals surface area contributed by atoms with Gasteiger partial charge < -0.3 is 15.4 Å². The Kier molecular flexibility index (Phi) is 7.08. The smallest absolute Gasteiger partial charge is 0.239 e. The maximum atomic E-state index is 13.2. The minimum absolute atomic E-state index is 0. The van der Waals surface area contributed by atoms with E-state index in [2.05, 4.69) is 0 Å². The Morgan fingerprint density at radius 1 is 1.57 bits per heavy atom. The molecule has 1 saturated heterocycles. The molecule has 1 unspecified atom stereocenters. The summed E-state index contributed by atoms with van der Waals surface area (Å²) >= 11 is 0. The molecule has 1 amide bonds. The maximum absolute atomic E-state index is 13.2. The van der Waals surface area contributed by atoms with Crippen LogP contribution in [0.5, 0.6) is 0 Å². The van der Waals surface area contributed by atoms with Gasteiger partial charge in [0, 0.05) is 19.7 Å². The fraction of sp³-hybridized carbons (Fsp3) is 0.533. The summed E-state index contributed by atoms with van der Waals surface area (Å²) < 4.78 is 18.8. The highest BCUT2D eigenvalue weighted by atomic mass is 35.5. The lowest BCUT2D eigenvalue weighted by atomic mass is 10.1. The molecule has 4 nitrogen and oxygen atoms in total. The van der Waals surface area contributed by atoms with Crippen LogP contribution in [0.25, 0.3) is 0 Å². The first kappa shape index (κ1) is 17.9. The van der Waals surface area contributed by atoms with Crippen LogP contribution in [0.1, 0.15) is 25.3 Å². The van der Waals surface area contributed by atoms with Crippen LogP contribution in [0.2, 0.25) is 0 Å². The number of halogens is 2. The molecule has 1 aromatic rings. The lowest BCUT2D eigenvalue weighted by Gasteiger charge is -2.27. The number of ether oxygens (including phenoxy) is 1. The van der Waals surface area contributed by atoms with Gasteiger partial charge in [-0.25, -0.2) is 4.39 Å². The van der Waals surface area contributed by atoms with Gasteiger partial charge in [0.25, 0.3) is 0 Å². The van der Waals surface area contributed by atoms with Crippen LogP contribution in [0.3, 0.4) is 0 Å². The minimum Gasteiger partial charge on any atom is -0.376 e. The second-order valence-corrected chi connectivity index (χ2v) is 5.27. The fourth-order valence-electron chi connectivity index (χ4n) is 2.41. The SMILES string of the molecule is C[C@@H](N)C(=O)N(Cc1cccc(F)c1)CC1CCCO1.Cl. The van der Waals surface area contributed by atoms with Crippen LogP contribution in [0.15, 0.2) is 24.3 Å². The van der Waals surface area contributed by atoms with Crippen molar-refractivity contribution in [2.75, 3.05) is 13.2 Å². The summed E-state index contributed by atoms with van der Waals surface area (Å²) in [7, 11) is 0. The highest BCUT2D eigenvalue weighted by Crippen LogP contribution is 2.16. The minimum atomic E-state index is -0.565. The van der Waals surface area contributed by atoms with Crippen molar-refractivity contribution in [3.05, 3.63) is 35.6 Å². The van der Waals surface area contributed by atoms with Gasteiger partial charge in [0.1, 0.15) is 5.82 Å². The average molecular weight is 317 g/mol. The summed E-state index contributed by atoms with van der Waals surface area (Å²) in [5.74, 6) is -0.433. The highest BCUT2D eigenvalue weighted by molar-refractivity contribution is 5.85. The first-order chi connectivity index (χ1) is 9.56. The van der Waals surface area contributed by atoms with Crippen molar-refractivity contribution in [3.8, 4) is 0 Å². The molecule has 0 aromatic heterocycles. The predicted octanol–water partition coefficient (Wildman–Crippen LogP) is 2.10. The van der Waals surface area contributed by atoms with E-state index in [1.807, 2.05) is 0 Å². The van der Waals surface area contributed by atoms with Crippen molar-refractivity contribution in [2.24, 2.45) is 5.73 Å². The topological polar surface area (TPSA) is 55.6 Å². The molecule has 1 heterocycles. The van der Waals surface area contributed by atoms with E-state index in [4.69, 9.17) is 10.5 Å². The number of nitrogens with two attached hydrogens (primary N) is 1. The van der Waals surface area contributed by atoms with Crippen LogP contribution in [0.4, 0.5) is 4.39 Å². The predicted molar refractivity (Wildman–Crippen MR) is 81.7 cm³/mol. The quantitative estimate of drug-likeness (QED) is 0.905. The zero-order chi connectivity index (χ0) is 14.5. The summed E-state index contributed by atoms with van der Waals surface area (Å²) in [5.41, 5.74) is 6.45. The van der Waals surface area contributed by atoms with Crippen LogP contribution in [-0.4, -0.2) is 36.1 Å². The fourth-order valence-corrected chi connectivity index (χ4v) is 2.41. The third-order valence-corrected chi connectivity index (χ3v) is 3.41. The van der Waals surface area contributed by atoms with E-state index in [0.717, 1.165) is 25.0 Å². The number of hydrogen-bond donors (Lipinski definition) is 1. The normalized spacial score (nSPS) is 18.9. The zero-order valence-corrected chi connectivity index (χ0v) is 12.9. The van der Waals surface area contributed by atoms with E-state index in [1.165, 1.54) is 12.1 Å². The summed E-state index contributed by atoms with van der Waals surface area (Å²) in [6.45, 7) is 3.27. The van der Waals surface area contributed by atoms with Crippen molar-refractivity contribution >= 4 is 18.3 Å². The first-order valence-electron chi connectivity index (χ1n) is 6.96. The van der Waals surface area contributed by atoms with Crippen molar-refractivity contribution in [1.82, 2.24) is 4.90 Å². The average Bonchev–Trinajstić information content (AvgIpc) is 2.90. The highest BCUT2D eigenvalue weighted by Gasteiger charge is 2.24. The molecule has 1 aliphatic rings. The Bertz CT molecular complexity index is 465. The summed E-state index contributed by atoms with van der Waals surface area (Å²) in [6, 6.07) is 5.72. The van der Waals surface area contributed by atoms with E-state index < -0.39 is 6.04 Å². The number of nitrogens with zero attached hydrogens (tertiary/aromatic N) is 1. The molecule has 2 atom stereocenters. The Labute approximate surface area is 130 Å². The van der Waals surface area contributed by atoms with Gasteiger partial charge >= 0.3 is 0 Å². The van der Waals surface area contributed by atoms with Gasteiger partial charge in [-0.3, -0.25) is 4.79 Å². The summed E-state index contributed by atoms with van der Waals surface area (Å²) in [6.07, 6.45) is 2.03. The summed E-state index contributed by atoms with van der Waals surface area (Å²) in [4.78, 5) is 13.8. The van der Waals surface area contributed by atoms with Gasteiger partial charge in [-0.05, 0) is 37.5 Å². The molecule has 1 aliphatic heterocycles. The molecule has 1 aromatic carbocycles. The first-order valence-corrected chi connectivity index (χ1v) is 6.96. The summed E-state index contributed by atoms with van der Waals surface area (Å²) in [5, 5.41) is 0. The monoisotopic (exact) mass is 316 g/mol. The van der Waals surface area contributed by atoms with Gasteiger partial charge in [-0.1, -0.05) is 12.1 Å². The molecular weight excluding hydrogens is 295 g/mol. The van der Waals surface area contributed by atoms with Gasteiger partial charge in [-0.2, -0.15) is 0 Å². The standard InChI is InChI=1S/C15H21FN2O2.ClH/c1-11(17)15(19)18(10-14-6-3-7-20-14)9-12-4-2-5-13(16)8-12;/h2,4-5,8,11,14H,3,6-7,9-10,17H2,1H3;1H/t11-,14?;/m1./s1. The molecule has 2 N–H and O–H groups in total. The lowest BCUT2D eigenvalue weighted by molar-refractivity contribution is -0.134. The van der Waals surface area contributed by atoms with Crippen molar-refractivity contribution in [1.29, 1.82) is 0 Å². The van der Waals surface area contributed by atoms with E-state index in [0.29, 0.717) is 13.1 Å². The van der Waals surface area contributed by atoms with E-state index in [1.54, 1.807) is 24.0 Å². The molecular formula is C15H22ClFN2O2. The van der Waals surface area contributed by atoms with Gasteiger partial charge in [-0.15, -0.1) is 12.4 Å². The number of carbonyl (C=O) groups is 1. The largest absolute Gasteiger partial charge is 0.376 e. The van der Waals surface area contributed by atoms with Crippen molar-refractivity contribution in [2.45, 2.75) is 38.5 Å². The van der Waals surface area contributed by atoms with Gasteiger partial charge in [0.05, 0.1) is 12.1 Å². The number of benzene rings is 1. The third kappa shape index (κ3) is 5.26. The molecule has 118 valence electrons. The second-order valence-electron chi connectivity index (χ2n) is 5.27. The van der Waals surface area contributed by atoms with Gasteiger partial charge in [0.2, 0.25) is 5.91 Å². The van der Waals surface area contributed by atoms with E-state index in [-0.39, 0.29) is 30.2 Å². The Morgan fingerprint density at radius 2 is 2.33 bits per heavy atom. The maximum Gasteiger partial charge on any atom is 0.239 e. The molecule has 0 saturated carbocycles. The molecule has 6 heteroatoms. The molecule has 0 spiro atoms. The Morgan fingerprint density at radius 3 is 2.90 bits per heavy atom. The zero-order valence-electron chi connectivity index (χ0n) is 12.1. The Balaban J connectivity index is 0.00000220. The van der Waals surface area contributed by atoms with E-state index in [9.17, 15) is 9.18 Å². The number of hydrogen-bond acceptors (Lipinski definition) is 3. The van der Waals surface area contributed by atoms with Crippen LogP contribution >= 0.6 is 12.4 Å². The Hall–Kier alpha value is -1.17. The second kappa shape index (κ2) is 8.32. The molecule has 0 bridgehead atoms. The number of carbonyl (C=O) groups excluding carboxylic acids is 1. The lowest BCUT2D eigenvalue weighted by Crippen LogP contribution is -2.44. The van der Waals surface area contributed by atoms with Crippen LogP contribution in [-0.2, 0) is 16.1 Å². The van der Waals surface area contributed by atoms with E-state index >= 15 is 0 Å². The van der Waals surface area contributed by atoms with Crippen LogP contribution in [0, 0.1) is 5.82 Å². The third-order valence-electron chi connectivity index (χ3n) is 3.41. The van der Waals surface area contributed by atoms with Gasteiger partial charge in [0.15, 0.2) is 0 Å². The molecule has 2 rings (SSSR count). The van der Waals surface area contributed by atoms with Crippen molar-refractivity contribution < 1.29 is 13.9 Å². The van der Waals surface area contributed by atoms with Crippen molar-refractivity contribution in [3.63, 3.8) is 0 Å². The van der Waals surface area contributed by atoms with Crippen LogP contribution < -0.4 is 5.73 Å². The molecule has 0 radical (unpaired) electrons.